The molecular weight excluding hydrogens is 236 g/mol. The number of carboxylic acid groups (broad SMARTS) is 1. The van der Waals surface area contributed by atoms with Gasteiger partial charge in [0, 0.05) is 0 Å². The van der Waals surface area contributed by atoms with Crippen LogP contribution in [0.15, 0.2) is 30.3 Å². The molecule has 0 radical (unpaired) electrons. The van der Waals surface area contributed by atoms with Gasteiger partial charge in [0.15, 0.2) is 0 Å². The van der Waals surface area contributed by atoms with Crippen molar-refractivity contribution in [1.82, 2.24) is 0 Å². The molecule has 2 heteroatoms. The molecule has 0 heterocycles. The van der Waals surface area contributed by atoms with Gasteiger partial charge in [-0.05, 0) is 60.1 Å². The minimum atomic E-state index is -0.759. The molecule has 1 N–H and O–H groups in total. The molecule has 1 aliphatic carbocycles. The van der Waals surface area contributed by atoms with Crippen molar-refractivity contribution in [2.75, 3.05) is 0 Å². The topological polar surface area (TPSA) is 37.3 Å². The van der Waals surface area contributed by atoms with E-state index in [0.717, 1.165) is 23.8 Å². The molecule has 0 spiro atoms. The van der Waals surface area contributed by atoms with Gasteiger partial charge in [0.25, 0.3) is 0 Å². The van der Waals surface area contributed by atoms with E-state index < -0.39 is 11.9 Å². The van der Waals surface area contributed by atoms with Crippen LogP contribution < -0.4 is 0 Å². The molecule has 0 amide bonds. The summed E-state index contributed by atoms with van der Waals surface area (Å²) in [5, 5.41) is 11.5. The van der Waals surface area contributed by atoms with E-state index in [1.165, 1.54) is 29.4 Å². The quantitative estimate of drug-likeness (QED) is 0.882. The molecule has 0 aromatic heterocycles. The first-order valence-corrected chi connectivity index (χ1v) is 6.94. The van der Waals surface area contributed by atoms with Crippen LogP contribution in [-0.2, 0) is 17.6 Å². The maximum Gasteiger partial charge on any atom is 0.310 e. The Labute approximate surface area is 113 Å². The molecule has 0 saturated heterocycles. The van der Waals surface area contributed by atoms with Crippen LogP contribution in [0.3, 0.4) is 0 Å². The second-order valence-electron chi connectivity index (χ2n) is 5.46. The number of hydrogen-bond donors (Lipinski definition) is 1. The summed E-state index contributed by atoms with van der Waals surface area (Å²) in [5.74, 6) is -1.21. The highest BCUT2D eigenvalue weighted by atomic mass is 16.4. The summed E-state index contributed by atoms with van der Waals surface area (Å²) in [6, 6.07) is 10.5. The van der Waals surface area contributed by atoms with Crippen LogP contribution in [0.5, 0.6) is 0 Å². The van der Waals surface area contributed by atoms with Crippen molar-refractivity contribution < 1.29 is 9.90 Å². The molecule has 98 valence electrons. The summed E-state index contributed by atoms with van der Waals surface area (Å²) in [5.41, 5.74) is 3.78. The third kappa shape index (κ3) is 2.12. The second kappa shape index (κ2) is 4.69. The lowest BCUT2D eigenvalue weighted by atomic mass is 9.86. The van der Waals surface area contributed by atoms with Crippen molar-refractivity contribution in [2.45, 2.75) is 38.5 Å². The van der Waals surface area contributed by atoms with Gasteiger partial charge in [0.1, 0.15) is 0 Å². The molecular formula is C17H18O2. The highest BCUT2D eigenvalue weighted by molar-refractivity contribution is 5.91. The van der Waals surface area contributed by atoms with Crippen LogP contribution in [0.25, 0.3) is 10.8 Å². The molecule has 1 unspecified atom stereocenters. The van der Waals surface area contributed by atoms with Crippen LogP contribution in [0, 0.1) is 0 Å². The number of aliphatic carboxylic acids is 1. The minimum Gasteiger partial charge on any atom is -0.481 e. The fourth-order valence-electron chi connectivity index (χ4n) is 3.05. The van der Waals surface area contributed by atoms with Crippen molar-refractivity contribution in [3.05, 3.63) is 47.0 Å². The monoisotopic (exact) mass is 254 g/mol. The Morgan fingerprint density at radius 1 is 1.16 bits per heavy atom. The molecule has 0 fully saturated rings. The first-order chi connectivity index (χ1) is 9.16. The van der Waals surface area contributed by atoms with Gasteiger partial charge in [-0.15, -0.1) is 0 Å². The molecule has 2 aromatic carbocycles. The smallest absolute Gasteiger partial charge is 0.310 e. The molecule has 0 aliphatic heterocycles. The zero-order valence-corrected chi connectivity index (χ0v) is 11.1. The SMILES string of the molecule is CC(C(=O)O)c1cccc2cc3c(cc12)CCCC3. The van der Waals surface area contributed by atoms with Crippen molar-refractivity contribution in [3.8, 4) is 0 Å². The third-order valence-corrected chi connectivity index (χ3v) is 4.21. The van der Waals surface area contributed by atoms with E-state index >= 15 is 0 Å². The van der Waals surface area contributed by atoms with Gasteiger partial charge in [0.2, 0.25) is 0 Å². The predicted octanol–water partition coefficient (Wildman–Crippen LogP) is 3.91. The summed E-state index contributed by atoms with van der Waals surface area (Å²) in [4.78, 5) is 11.2. The fraction of sp³-hybridized carbons (Fsp3) is 0.353. The van der Waals surface area contributed by atoms with Gasteiger partial charge in [-0.3, -0.25) is 4.79 Å². The number of aryl methyl sites for hydroxylation is 2. The molecule has 1 aliphatic rings. The van der Waals surface area contributed by atoms with Crippen molar-refractivity contribution >= 4 is 16.7 Å². The molecule has 0 saturated carbocycles. The lowest BCUT2D eigenvalue weighted by molar-refractivity contribution is -0.138. The van der Waals surface area contributed by atoms with Crippen LogP contribution in [0.1, 0.15) is 42.4 Å². The molecule has 1 atom stereocenters. The number of carboxylic acids is 1. The summed E-state index contributed by atoms with van der Waals surface area (Å²) in [7, 11) is 0. The number of benzene rings is 2. The fourth-order valence-corrected chi connectivity index (χ4v) is 3.05. The molecule has 2 nitrogen and oxygen atoms in total. The van der Waals surface area contributed by atoms with E-state index in [4.69, 9.17) is 0 Å². The predicted molar refractivity (Wildman–Crippen MR) is 76.6 cm³/mol. The Hall–Kier alpha value is -1.83. The van der Waals surface area contributed by atoms with E-state index in [0.29, 0.717) is 0 Å². The van der Waals surface area contributed by atoms with Crippen LogP contribution in [0.2, 0.25) is 0 Å². The maximum atomic E-state index is 11.2. The highest BCUT2D eigenvalue weighted by Gasteiger charge is 2.18. The van der Waals surface area contributed by atoms with Crippen molar-refractivity contribution in [3.63, 3.8) is 0 Å². The van der Waals surface area contributed by atoms with Crippen LogP contribution in [0.4, 0.5) is 0 Å². The van der Waals surface area contributed by atoms with Crippen LogP contribution in [-0.4, -0.2) is 11.1 Å². The van der Waals surface area contributed by atoms with Crippen LogP contribution >= 0.6 is 0 Å². The average Bonchev–Trinajstić information content (AvgIpc) is 2.43. The normalized spacial score (nSPS) is 16.1. The zero-order valence-electron chi connectivity index (χ0n) is 11.1. The largest absolute Gasteiger partial charge is 0.481 e. The number of hydrogen-bond acceptors (Lipinski definition) is 1. The summed E-state index contributed by atoms with van der Waals surface area (Å²) in [6.45, 7) is 1.76. The van der Waals surface area contributed by atoms with Gasteiger partial charge >= 0.3 is 5.97 Å². The lowest BCUT2D eigenvalue weighted by Crippen LogP contribution is -2.09. The van der Waals surface area contributed by atoms with Gasteiger partial charge in [-0.2, -0.15) is 0 Å². The van der Waals surface area contributed by atoms with Crippen molar-refractivity contribution in [2.24, 2.45) is 0 Å². The Morgan fingerprint density at radius 3 is 2.53 bits per heavy atom. The standard InChI is InChI=1S/C17H18O2/c1-11(17(18)19)15-8-4-7-14-9-12-5-2-3-6-13(12)10-16(14)15/h4,7-11H,2-3,5-6H2,1H3,(H,18,19). The van der Waals surface area contributed by atoms with E-state index in [-0.39, 0.29) is 0 Å². The number of rotatable bonds is 2. The number of carbonyl (C=O) groups is 1. The maximum absolute atomic E-state index is 11.2. The minimum absolute atomic E-state index is 0.453. The van der Waals surface area contributed by atoms with E-state index in [2.05, 4.69) is 18.2 Å². The van der Waals surface area contributed by atoms with Gasteiger partial charge in [-0.25, -0.2) is 0 Å². The van der Waals surface area contributed by atoms with E-state index in [1.807, 2.05) is 12.1 Å². The second-order valence-corrected chi connectivity index (χ2v) is 5.46. The highest BCUT2D eigenvalue weighted by Crippen LogP contribution is 2.31. The summed E-state index contributed by atoms with van der Waals surface area (Å²) >= 11 is 0. The Balaban J connectivity index is 2.21. The molecule has 2 aromatic rings. The Morgan fingerprint density at radius 2 is 1.84 bits per heavy atom. The Bertz CT molecular complexity index is 643. The first kappa shape index (κ1) is 12.2. The summed E-state index contributed by atoms with van der Waals surface area (Å²) < 4.78 is 0. The van der Waals surface area contributed by atoms with E-state index in [9.17, 15) is 9.90 Å². The van der Waals surface area contributed by atoms with Gasteiger partial charge < -0.3 is 5.11 Å². The molecule has 19 heavy (non-hydrogen) atoms. The third-order valence-electron chi connectivity index (χ3n) is 4.21. The molecule has 0 bridgehead atoms. The zero-order chi connectivity index (χ0) is 13.4. The number of fused-ring (bicyclic) bond motifs is 2. The van der Waals surface area contributed by atoms with Gasteiger partial charge in [-0.1, -0.05) is 30.3 Å². The average molecular weight is 254 g/mol. The van der Waals surface area contributed by atoms with E-state index in [1.54, 1.807) is 6.92 Å². The van der Waals surface area contributed by atoms with Crippen molar-refractivity contribution in [1.29, 1.82) is 0 Å². The first-order valence-electron chi connectivity index (χ1n) is 6.94. The van der Waals surface area contributed by atoms with Gasteiger partial charge in [0.05, 0.1) is 5.92 Å². The Kier molecular flexibility index (Phi) is 3.02. The molecule has 3 rings (SSSR count). The summed E-state index contributed by atoms with van der Waals surface area (Å²) in [6.07, 6.45) is 4.80. The lowest BCUT2D eigenvalue weighted by Gasteiger charge is -2.18.